The van der Waals surface area contributed by atoms with Crippen molar-refractivity contribution in [3.63, 3.8) is 0 Å². The van der Waals surface area contributed by atoms with E-state index in [4.69, 9.17) is 33.2 Å². The van der Waals surface area contributed by atoms with Crippen LogP contribution in [0.15, 0.2) is 54.1 Å². The van der Waals surface area contributed by atoms with Crippen LogP contribution in [0.5, 0.6) is 0 Å². The Balaban J connectivity index is 2.12. The molecule has 0 saturated heterocycles. The maximum absolute atomic E-state index is 11.9. The summed E-state index contributed by atoms with van der Waals surface area (Å²) in [6.07, 6.45) is 1.38. The minimum Gasteiger partial charge on any atom is -0.457 e. The fourth-order valence-corrected chi connectivity index (χ4v) is 2.17. The molecule has 110 valence electrons. The highest BCUT2D eigenvalue weighted by atomic mass is 35.5. The number of carbonyl (C=O) groups excluding carboxylic acids is 1. The highest BCUT2D eigenvalue weighted by molar-refractivity contribution is 6.35. The maximum Gasteiger partial charge on any atom is 0.349 e. The van der Waals surface area contributed by atoms with E-state index < -0.39 is 5.97 Å². The van der Waals surface area contributed by atoms with Gasteiger partial charge in [-0.2, -0.15) is 5.26 Å². The van der Waals surface area contributed by atoms with Crippen LogP contribution in [0.1, 0.15) is 11.1 Å². The quantitative estimate of drug-likeness (QED) is 0.465. The molecule has 0 heterocycles. The van der Waals surface area contributed by atoms with E-state index in [0.29, 0.717) is 15.6 Å². The van der Waals surface area contributed by atoms with Gasteiger partial charge in [-0.15, -0.1) is 0 Å². The van der Waals surface area contributed by atoms with Gasteiger partial charge in [0.15, 0.2) is 0 Å². The summed E-state index contributed by atoms with van der Waals surface area (Å²) in [4.78, 5) is 11.9. The van der Waals surface area contributed by atoms with Crippen molar-refractivity contribution in [2.24, 2.45) is 0 Å². The zero-order valence-corrected chi connectivity index (χ0v) is 12.9. The highest BCUT2D eigenvalue weighted by Gasteiger charge is 2.12. The zero-order valence-electron chi connectivity index (χ0n) is 11.4. The van der Waals surface area contributed by atoms with E-state index in [2.05, 4.69) is 0 Å². The van der Waals surface area contributed by atoms with Gasteiger partial charge in [0.05, 0.1) is 0 Å². The minimum absolute atomic E-state index is 0.104. The molecule has 0 spiro atoms. The van der Waals surface area contributed by atoms with Crippen molar-refractivity contribution >= 4 is 35.2 Å². The molecule has 0 aromatic heterocycles. The third-order valence-corrected chi connectivity index (χ3v) is 3.38. The van der Waals surface area contributed by atoms with Gasteiger partial charge in [0, 0.05) is 10.0 Å². The molecule has 2 rings (SSSR count). The van der Waals surface area contributed by atoms with E-state index in [1.807, 2.05) is 36.4 Å². The average molecular weight is 332 g/mol. The molecule has 2 aromatic rings. The van der Waals surface area contributed by atoms with Crippen LogP contribution < -0.4 is 0 Å². The molecule has 0 radical (unpaired) electrons. The molecule has 0 atom stereocenters. The van der Waals surface area contributed by atoms with Crippen LogP contribution in [0.2, 0.25) is 10.0 Å². The summed E-state index contributed by atoms with van der Waals surface area (Å²) in [5.41, 5.74) is 1.25. The van der Waals surface area contributed by atoms with Gasteiger partial charge in [0.1, 0.15) is 18.2 Å². The van der Waals surface area contributed by atoms with Crippen LogP contribution in [0.3, 0.4) is 0 Å². The first-order chi connectivity index (χ1) is 10.6. The number of nitriles is 1. The third kappa shape index (κ3) is 4.36. The summed E-state index contributed by atoms with van der Waals surface area (Å²) in [5.74, 6) is -0.697. The topological polar surface area (TPSA) is 50.1 Å². The van der Waals surface area contributed by atoms with Crippen molar-refractivity contribution in [2.75, 3.05) is 0 Å². The summed E-state index contributed by atoms with van der Waals surface area (Å²) >= 11 is 11.8. The van der Waals surface area contributed by atoms with Gasteiger partial charge in [-0.25, -0.2) is 4.79 Å². The monoisotopic (exact) mass is 331 g/mol. The van der Waals surface area contributed by atoms with E-state index in [1.54, 1.807) is 18.2 Å². The Bertz CT molecular complexity index is 749. The second-order valence-electron chi connectivity index (χ2n) is 4.40. The Morgan fingerprint density at radius 1 is 1.18 bits per heavy atom. The number of hydrogen-bond acceptors (Lipinski definition) is 3. The van der Waals surface area contributed by atoms with Crippen molar-refractivity contribution in [1.82, 2.24) is 0 Å². The molecule has 22 heavy (non-hydrogen) atoms. The molecule has 0 aliphatic rings. The van der Waals surface area contributed by atoms with Gasteiger partial charge >= 0.3 is 5.97 Å². The molecule has 2 aromatic carbocycles. The lowest BCUT2D eigenvalue weighted by atomic mass is 10.1. The Labute approximate surface area is 138 Å². The Kier molecular flexibility index (Phi) is 5.60. The second kappa shape index (κ2) is 7.65. The number of nitrogens with zero attached hydrogens (tertiary/aromatic N) is 1. The lowest BCUT2D eigenvalue weighted by molar-refractivity contribution is -0.139. The van der Waals surface area contributed by atoms with Gasteiger partial charge in [-0.1, -0.05) is 59.6 Å². The number of carbonyl (C=O) groups is 1. The van der Waals surface area contributed by atoms with Gasteiger partial charge < -0.3 is 4.74 Å². The number of rotatable bonds is 4. The molecular formula is C17H11Cl2NO2. The fraction of sp³-hybridized carbons (Fsp3) is 0.0588. The average Bonchev–Trinajstić information content (AvgIpc) is 2.53. The molecule has 0 amide bonds. The predicted molar refractivity (Wildman–Crippen MR) is 86.3 cm³/mol. The van der Waals surface area contributed by atoms with Gasteiger partial charge in [0.2, 0.25) is 0 Å². The van der Waals surface area contributed by atoms with E-state index in [1.165, 1.54) is 6.08 Å². The van der Waals surface area contributed by atoms with E-state index in [0.717, 1.165) is 5.56 Å². The third-order valence-electron chi connectivity index (χ3n) is 2.82. The molecule has 5 heteroatoms. The molecule has 3 nitrogen and oxygen atoms in total. The Morgan fingerprint density at radius 3 is 2.55 bits per heavy atom. The normalized spacial score (nSPS) is 10.9. The van der Waals surface area contributed by atoms with E-state index in [-0.39, 0.29) is 12.2 Å². The minimum atomic E-state index is -0.697. The molecule has 0 saturated carbocycles. The summed E-state index contributed by atoms with van der Waals surface area (Å²) in [5, 5.41) is 9.95. The Morgan fingerprint density at radius 2 is 1.91 bits per heavy atom. The SMILES string of the molecule is N#CC(=Cc1ccc(Cl)cc1Cl)C(=O)OCc1ccccc1. The maximum atomic E-state index is 11.9. The molecule has 0 fully saturated rings. The van der Waals surface area contributed by atoms with Crippen molar-refractivity contribution in [1.29, 1.82) is 5.26 Å². The standard InChI is InChI=1S/C17H11Cl2NO2/c18-15-7-6-13(16(19)9-15)8-14(10-20)17(21)22-11-12-4-2-1-3-5-12/h1-9H,11H2. The second-order valence-corrected chi connectivity index (χ2v) is 5.24. The van der Waals surface area contributed by atoms with Crippen molar-refractivity contribution < 1.29 is 9.53 Å². The number of esters is 1. The van der Waals surface area contributed by atoms with Crippen LogP contribution >= 0.6 is 23.2 Å². The molecule has 0 aliphatic heterocycles. The first-order valence-corrected chi connectivity index (χ1v) is 7.13. The molecule has 0 unspecified atom stereocenters. The first kappa shape index (κ1) is 16.1. The van der Waals surface area contributed by atoms with Crippen LogP contribution in [-0.4, -0.2) is 5.97 Å². The van der Waals surface area contributed by atoms with Crippen LogP contribution in [0.25, 0.3) is 6.08 Å². The lowest BCUT2D eigenvalue weighted by Gasteiger charge is -2.04. The largest absolute Gasteiger partial charge is 0.457 e. The smallest absolute Gasteiger partial charge is 0.349 e. The van der Waals surface area contributed by atoms with Crippen molar-refractivity contribution in [3.05, 3.63) is 75.3 Å². The van der Waals surface area contributed by atoms with Gasteiger partial charge in [-0.3, -0.25) is 0 Å². The van der Waals surface area contributed by atoms with Crippen LogP contribution in [-0.2, 0) is 16.1 Å². The van der Waals surface area contributed by atoms with Crippen molar-refractivity contribution in [3.8, 4) is 6.07 Å². The zero-order chi connectivity index (χ0) is 15.9. The lowest BCUT2D eigenvalue weighted by Crippen LogP contribution is -2.06. The van der Waals surface area contributed by atoms with Gasteiger partial charge in [-0.05, 0) is 29.3 Å². The first-order valence-electron chi connectivity index (χ1n) is 6.38. The van der Waals surface area contributed by atoms with Crippen molar-refractivity contribution in [2.45, 2.75) is 6.61 Å². The van der Waals surface area contributed by atoms with Crippen LogP contribution in [0.4, 0.5) is 0 Å². The molecule has 0 aliphatic carbocycles. The number of hydrogen-bond donors (Lipinski definition) is 0. The number of halogens is 2. The molecule has 0 bridgehead atoms. The van der Waals surface area contributed by atoms with Gasteiger partial charge in [0.25, 0.3) is 0 Å². The number of benzene rings is 2. The summed E-state index contributed by atoms with van der Waals surface area (Å²) in [6.45, 7) is 0.104. The number of ether oxygens (including phenoxy) is 1. The van der Waals surface area contributed by atoms with Crippen LogP contribution in [0, 0.1) is 11.3 Å². The van der Waals surface area contributed by atoms with E-state index >= 15 is 0 Å². The predicted octanol–water partition coefficient (Wildman–Crippen LogP) is 4.64. The summed E-state index contributed by atoms with van der Waals surface area (Å²) in [7, 11) is 0. The Hall–Kier alpha value is -2.28. The fourth-order valence-electron chi connectivity index (χ4n) is 1.71. The highest BCUT2D eigenvalue weighted by Crippen LogP contribution is 2.23. The summed E-state index contributed by atoms with van der Waals surface area (Å²) < 4.78 is 5.12. The van der Waals surface area contributed by atoms with E-state index in [9.17, 15) is 4.79 Å². The molecule has 0 N–H and O–H groups in total. The molecular weight excluding hydrogens is 321 g/mol. The summed E-state index contributed by atoms with van der Waals surface area (Å²) in [6, 6.07) is 15.8.